The molecule has 214 valence electrons. The number of phenolic OH excluding ortho intramolecular Hbond substituents is 1. The number of hydrogen-bond donors (Lipinski definition) is 6. The number of aromatic hydroxyl groups is 1. The van der Waals surface area contributed by atoms with Gasteiger partial charge >= 0.3 is 201 Å². The predicted molar refractivity (Wildman–Crippen MR) is 149 cm³/mol. The Hall–Kier alpha value is -3.02. The number of nitrogens with one attached hydrogen (secondary N) is 1. The molecule has 0 aromatic heterocycles. The number of benzene rings is 1. The summed E-state index contributed by atoms with van der Waals surface area (Å²) in [4.78, 5) is 27.7. The number of fused-ring (bicyclic) bond motifs is 3. The number of likely N-dealkylation sites (N-methyl/N-ethyl adjacent to an activating group) is 1. The normalized spacial score (nSPS) is 28.9. The molecule has 4 aliphatic rings. The van der Waals surface area contributed by atoms with Crippen LogP contribution in [0.5, 0.6) is 5.75 Å². The molecule has 11 heteroatoms. The molecule has 4 aliphatic carbocycles. The number of rotatable bonds is 6. The van der Waals surface area contributed by atoms with E-state index in [1.165, 1.54) is 25.3 Å². The molecule has 0 spiro atoms. The maximum absolute atomic E-state index is 15.5. The predicted octanol–water partition coefficient (Wildman–Crippen LogP) is 1.43. The van der Waals surface area contributed by atoms with Crippen molar-refractivity contribution in [3.8, 4) is 5.75 Å². The van der Waals surface area contributed by atoms with E-state index in [0.29, 0.717) is 5.92 Å². The van der Waals surface area contributed by atoms with Crippen molar-refractivity contribution in [1.29, 1.82) is 0 Å². The van der Waals surface area contributed by atoms with Crippen molar-refractivity contribution >= 4 is 24.6 Å². The second-order valence-electron chi connectivity index (χ2n) is 12.0. The quantitative estimate of drug-likeness (QED) is 0.289. The number of aliphatic hydroxyl groups is 3. The van der Waals surface area contributed by atoms with E-state index in [4.69, 9.17) is 5.73 Å². The number of carbonyl (C=O) groups is 2. The average molecular weight is 553 g/mol. The number of allylic oxidation sites excluding steroid dienone is 1. The Morgan fingerprint density at radius 3 is 2.52 bits per heavy atom. The van der Waals surface area contributed by atoms with Crippen molar-refractivity contribution in [1.82, 2.24) is 10.2 Å². The molecule has 0 radical (unpaired) electrons. The number of halogens is 1. The van der Waals surface area contributed by atoms with Crippen molar-refractivity contribution in [2.45, 2.75) is 63.1 Å². The summed E-state index contributed by atoms with van der Waals surface area (Å²) < 4.78 is 15.5. The fraction of sp³-hybridized carbons (Fsp3) is 0.552. The number of Topliss-reactive ketones (excluding diaryl/α,β-unsaturated/α-hetero) is 1. The molecule has 1 fully saturated rings. The van der Waals surface area contributed by atoms with Gasteiger partial charge in [0.05, 0.1) is 0 Å². The van der Waals surface area contributed by atoms with Crippen LogP contribution in [0.25, 0.3) is 0 Å². The fourth-order valence-corrected chi connectivity index (χ4v) is 7.43. The zero-order chi connectivity index (χ0) is 29.1. The molecule has 0 saturated heterocycles. The van der Waals surface area contributed by atoms with Crippen LogP contribution in [-0.4, -0.2) is 82.3 Å². The first kappa shape index (κ1) is 28.5. The topological polar surface area (TPSA) is 156 Å². The summed E-state index contributed by atoms with van der Waals surface area (Å²) in [6.07, 6.45) is 5.93. The molecule has 0 unspecified atom stereocenters. The molecule has 7 N–H and O–H groups in total. The Labute approximate surface area is 233 Å². The van der Waals surface area contributed by atoms with Crippen molar-refractivity contribution in [2.75, 3.05) is 20.6 Å². The third-order valence-corrected chi connectivity index (χ3v) is 9.41. The molecule has 1 amide bonds. The second kappa shape index (κ2) is 10.4. The Balaban J connectivity index is 1.54. The molecule has 0 aliphatic heterocycles. The van der Waals surface area contributed by atoms with E-state index < -0.39 is 52.3 Å². The number of nitrogens with two attached hydrogens (primary N) is 1. The van der Waals surface area contributed by atoms with Gasteiger partial charge in [-0.1, -0.05) is 19.3 Å². The standard InChI is InChI=1S/C29H37BFN3O6/c1-34(2)22-17-9-14-8-16-18(31)10-15(12-33-11-13-6-4-3-5-7-13)23(35)20(16)24(36)19(14)27(38)29(17,40)26(30)21(25(22)37)28(32)39/h10,13-14,17,22,30,33,35,37-38,40H,3-9,11-12H2,1-2H3,(H2,32,39)/t14-,17-,22-,29+/m0/s1. The second-order valence-corrected chi connectivity index (χ2v) is 12.0. The van der Waals surface area contributed by atoms with E-state index in [1.807, 2.05) is 0 Å². The number of carbonyl (C=O) groups excluding carboxylic acids is 2. The molecule has 0 heterocycles. The average Bonchev–Trinajstić information content (AvgIpc) is 2.89. The van der Waals surface area contributed by atoms with E-state index in [1.54, 1.807) is 19.0 Å². The molecule has 1 aromatic carbocycles. The van der Waals surface area contributed by atoms with Crippen LogP contribution in [0.3, 0.4) is 0 Å². The van der Waals surface area contributed by atoms with Crippen molar-refractivity contribution in [2.24, 2.45) is 23.5 Å². The third-order valence-electron chi connectivity index (χ3n) is 9.41. The van der Waals surface area contributed by atoms with Gasteiger partial charge in [-0.05, 0) is 12.8 Å². The monoisotopic (exact) mass is 553 g/mol. The van der Waals surface area contributed by atoms with E-state index in [9.17, 15) is 30.0 Å². The molecule has 5 rings (SSSR count). The SMILES string of the molecule is B=C1C(C(N)=O)=C(O)[C@@H](N(C)C)[C@@H]2C[C@@H]3Cc4c(F)cc(CNCC5CCCCC5)c(O)c4C(=O)C3=C(O)[C@]12O. The van der Waals surface area contributed by atoms with Crippen LogP contribution in [-0.2, 0) is 17.8 Å². The summed E-state index contributed by atoms with van der Waals surface area (Å²) in [6, 6.07) is 0.316. The van der Waals surface area contributed by atoms with Gasteiger partial charge in [-0.25, -0.2) is 0 Å². The minimum atomic E-state index is -2.28. The summed E-state index contributed by atoms with van der Waals surface area (Å²) in [5.74, 6) is -4.99. The molecule has 1 aromatic rings. The zero-order valence-electron chi connectivity index (χ0n) is 23.0. The van der Waals surface area contributed by atoms with Crippen LogP contribution >= 0.6 is 0 Å². The summed E-state index contributed by atoms with van der Waals surface area (Å²) in [6.45, 7) is 0.903. The molecule has 0 bridgehead atoms. The molecule has 4 atom stereocenters. The summed E-state index contributed by atoms with van der Waals surface area (Å²) >= 11 is 0. The van der Waals surface area contributed by atoms with E-state index in [0.717, 1.165) is 19.4 Å². The maximum atomic E-state index is 15.5. The summed E-state index contributed by atoms with van der Waals surface area (Å²) in [5, 5.41) is 48.8. The van der Waals surface area contributed by atoms with Crippen molar-refractivity contribution in [3.05, 3.63) is 51.2 Å². The molecule has 1 saturated carbocycles. The number of aliphatic hydroxyl groups excluding tert-OH is 2. The first-order valence-corrected chi connectivity index (χ1v) is 13.9. The van der Waals surface area contributed by atoms with Gasteiger partial charge in [0.2, 0.25) is 0 Å². The summed E-state index contributed by atoms with van der Waals surface area (Å²) in [5.41, 5.74) is 2.42. The van der Waals surface area contributed by atoms with Gasteiger partial charge in [0.15, 0.2) is 0 Å². The Morgan fingerprint density at radius 1 is 1.23 bits per heavy atom. The van der Waals surface area contributed by atoms with Crippen LogP contribution in [0.15, 0.2) is 28.7 Å². The van der Waals surface area contributed by atoms with E-state index in [2.05, 4.69) is 12.8 Å². The van der Waals surface area contributed by atoms with Crippen LogP contribution < -0.4 is 11.1 Å². The van der Waals surface area contributed by atoms with Crippen LogP contribution in [0.2, 0.25) is 0 Å². The number of amides is 1. The first-order chi connectivity index (χ1) is 18.9. The van der Waals surface area contributed by atoms with Gasteiger partial charge in [-0.15, -0.1) is 0 Å². The van der Waals surface area contributed by atoms with Crippen molar-refractivity contribution in [3.63, 3.8) is 0 Å². The Kier molecular flexibility index (Phi) is 7.43. The van der Waals surface area contributed by atoms with E-state index in [-0.39, 0.29) is 58.6 Å². The van der Waals surface area contributed by atoms with Crippen LogP contribution in [0.1, 0.15) is 60.0 Å². The number of primary amides is 1. The molecule has 9 nitrogen and oxygen atoms in total. The molecular weight excluding hydrogens is 516 g/mol. The van der Waals surface area contributed by atoms with Crippen LogP contribution in [0.4, 0.5) is 4.39 Å². The Bertz CT molecular complexity index is 1350. The molecule has 40 heavy (non-hydrogen) atoms. The number of nitrogens with zero attached hydrogens (tertiary/aromatic N) is 1. The van der Waals surface area contributed by atoms with Gasteiger partial charge in [-0.2, -0.15) is 0 Å². The van der Waals surface area contributed by atoms with Gasteiger partial charge in [0.1, 0.15) is 0 Å². The Morgan fingerprint density at radius 2 is 1.90 bits per heavy atom. The number of hydrogen-bond acceptors (Lipinski definition) is 8. The minimum absolute atomic E-state index is 0.00198. The van der Waals surface area contributed by atoms with Gasteiger partial charge in [-0.3, -0.25) is 0 Å². The van der Waals surface area contributed by atoms with E-state index >= 15 is 4.39 Å². The van der Waals surface area contributed by atoms with Gasteiger partial charge in [0, 0.05) is 0 Å². The number of phenols is 1. The number of ketones is 1. The fourth-order valence-electron chi connectivity index (χ4n) is 7.43. The first-order valence-electron chi connectivity index (χ1n) is 13.9. The molecular formula is C29H37BFN3O6. The summed E-state index contributed by atoms with van der Waals surface area (Å²) in [7, 11) is 7.05. The van der Waals surface area contributed by atoms with Crippen LogP contribution in [0, 0.1) is 23.6 Å². The van der Waals surface area contributed by atoms with Gasteiger partial charge in [0.25, 0.3) is 0 Å². The van der Waals surface area contributed by atoms with Gasteiger partial charge < -0.3 is 0 Å². The zero-order valence-corrected chi connectivity index (χ0v) is 23.0. The van der Waals surface area contributed by atoms with Crippen molar-refractivity contribution < 1.29 is 34.4 Å². The third kappa shape index (κ3) is 4.30.